The maximum Gasteiger partial charge on any atom is 0.179 e. The lowest BCUT2D eigenvalue weighted by Crippen LogP contribution is -2.17. The van der Waals surface area contributed by atoms with E-state index in [0.29, 0.717) is 13.2 Å². The van der Waals surface area contributed by atoms with E-state index in [2.05, 4.69) is 13.2 Å². The third-order valence-electron chi connectivity index (χ3n) is 2.19. The van der Waals surface area contributed by atoms with Crippen molar-refractivity contribution < 1.29 is 18.3 Å². The molecule has 96 valence electrons. The van der Waals surface area contributed by atoms with Gasteiger partial charge < -0.3 is 9.47 Å². The van der Waals surface area contributed by atoms with Gasteiger partial charge in [0.15, 0.2) is 23.1 Å². The summed E-state index contributed by atoms with van der Waals surface area (Å²) in [6.07, 6.45) is 0. The molecule has 1 aliphatic rings. The zero-order valence-corrected chi connectivity index (χ0v) is 11.0. The number of benzene rings is 1. The minimum absolute atomic E-state index is 0.0608. The van der Waals surface area contributed by atoms with Gasteiger partial charge in [0, 0.05) is 0 Å². The Bertz CT molecular complexity index is 459. The molecule has 18 heavy (non-hydrogen) atoms. The molecule has 1 aromatic carbocycles. The van der Waals surface area contributed by atoms with Crippen molar-refractivity contribution >= 4 is 23.5 Å². The highest BCUT2D eigenvalue weighted by Crippen LogP contribution is 2.49. The highest BCUT2D eigenvalue weighted by Gasteiger charge is 2.28. The first-order valence-electron chi connectivity index (χ1n) is 5.06. The Morgan fingerprint density at radius 3 is 1.61 bits per heavy atom. The van der Waals surface area contributed by atoms with E-state index in [1.165, 1.54) is 10.8 Å². The zero-order chi connectivity index (χ0) is 13.1. The van der Waals surface area contributed by atoms with E-state index in [0.717, 1.165) is 23.5 Å². The normalized spacial score (nSPS) is 13.2. The molecule has 0 spiro atoms. The molecule has 0 fully saturated rings. The Morgan fingerprint density at radius 1 is 0.889 bits per heavy atom. The van der Waals surface area contributed by atoms with Gasteiger partial charge in [-0.2, -0.15) is 0 Å². The zero-order valence-electron chi connectivity index (χ0n) is 9.37. The van der Waals surface area contributed by atoms with Crippen molar-refractivity contribution in [1.82, 2.24) is 0 Å². The molecule has 0 unspecified atom stereocenters. The van der Waals surface area contributed by atoms with Gasteiger partial charge in [-0.05, 0) is 10.8 Å². The van der Waals surface area contributed by atoms with Crippen LogP contribution in [0.25, 0.3) is 0 Å². The van der Waals surface area contributed by atoms with Crippen LogP contribution in [0.1, 0.15) is 0 Å². The lowest BCUT2D eigenvalue weighted by molar-refractivity contribution is 0.158. The summed E-state index contributed by atoms with van der Waals surface area (Å²) in [6.45, 7) is 7.59. The fourth-order valence-corrected chi connectivity index (χ4v) is 2.77. The molecular formula is C12H10F2O2S2. The molecule has 1 heterocycles. The second-order valence-electron chi connectivity index (χ2n) is 3.21. The predicted molar refractivity (Wildman–Crippen MR) is 69.5 cm³/mol. The second kappa shape index (κ2) is 5.67. The molecule has 2 nitrogen and oxygen atoms in total. The second-order valence-corrected chi connectivity index (χ2v) is 5.16. The number of ether oxygens (including phenoxy) is 2. The largest absolute Gasteiger partial charge is 0.485 e. The molecule has 0 N–H and O–H groups in total. The molecule has 0 bridgehead atoms. The molecule has 0 atom stereocenters. The number of hydrogen-bond acceptors (Lipinski definition) is 4. The lowest BCUT2D eigenvalue weighted by Gasteiger charge is -2.23. The molecule has 0 radical (unpaired) electrons. The summed E-state index contributed by atoms with van der Waals surface area (Å²) in [5, 5.41) is 2.83. The third-order valence-corrected chi connectivity index (χ3v) is 3.72. The lowest BCUT2D eigenvalue weighted by atomic mass is 10.2. The van der Waals surface area contributed by atoms with E-state index < -0.39 is 11.6 Å². The molecule has 0 amide bonds. The monoisotopic (exact) mass is 288 g/mol. The molecular weight excluding hydrogens is 278 g/mol. The van der Waals surface area contributed by atoms with Crippen LogP contribution in [-0.2, 0) is 0 Å². The van der Waals surface area contributed by atoms with Crippen LogP contribution >= 0.6 is 23.5 Å². The van der Waals surface area contributed by atoms with Crippen LogP contribution in [0.3, 0.4) is 0 Å². The summed E-state index contributed by atoms with van der Waals surface area (Å²) in [7, 11) is 0. The Kier molecular flexibility index (Phi) is 4.19. The average molecular weight is 288 g/mol. The van der Waals surface area contributed by atoms with Crippen LogP contribution in [-0.4, -0.2) is 13.2 Å². The Labute approximate surface area is 112 Å². The van der Waals surface area contributed by atoms with Crippen molar-refractivity contribution in [3.63, 3.8) is 0 Å². The first-order chi connectivity index (χ1) is 8.70. The maximum atomic E-state index is 13.9. The van der Waals surface area contributed by atoms with Crippen LogP contribution in [0.5, 0.6) is 11.5 Å². The Balaban J connectivity index is 2.67. The van der Waals surface area contributed by atoms with Gasteiger partial charge in [0.2, 0.25) is 0 Å². The topological polar surface area (TPSA) is 18.5 Å². The minimum atomic E-state index is -0.950. The van der Waals surface area contributed by atoms with Gasteiger partial charge in [-0.1, -0.05) is 36.7 Å². The molecule has 0 aliphatic carbocycles. The van der Waals surface area contributed by atoms with Crippen LogP contribution in [0.2, 0.25) is 0 Å². The molecule has 1 aliphatic heterocycles. The smallest absolute Gasteiger partial charge is 0.179 e. The minimum Gasteiger partial charge on any atom is -0.485 e. The van der Waals surface area contributed by atoms with Gasteiger partial charge in [-0.25, -0.2) is 8.78 Å². The van der Waals surface area contributed by atoms with Gasteiger partial charge in [0.1, 0.15) is 13.2 Å². The summed E-state index contributed by atoms with van der Waals surface area (Å²) >= 11 is 1.93. The summed E-state index contributed by atoms with van der Waals surface area (Å²) in [4.78, 5) is 0.122. The van der Waals surface area contributed by atoms with E-state index in [4.69, 9.17) is 9.47 Å². The summed E-state index contributed by atoms with van der Waals surface area (Å²) < 4.78 is 38.6. The van der Waals surface area contributed by atoms with E-state index >= 15 is 0 Å². The molecule has 6 heteroatoms. The third kappa shape index (κ3) is 2.22. The Morgan fingerprint density at radius 2 is 1.28 bits per heavy atom. The highest BCUT2D eigenvalue weighted by atomic mass is 32.2. The van der Waals surface area contributed by atoms with Crippen molar-refractivity contribution in [1.29, 1.82) is 0 Å². The summed E-state index contributed by atoms with van der Waals surface area (Å²) in [5.41, 5.74) is 0. The van der Waals surface area contributed by atoms with Crippen molar-refractivity contribution in [2.24, 2.45) is 0 Å². The first kappa shape index (κ1) is 13.3. The fourth-order valence-electron chi connectivity index (χ4n) is 1.53. The van der Waals surface area contributed by atoms with E-state index in [1.54, 1.807) is 0 Å². The number of fused-ring (bicyclic) bond motifs is 1. The first-order valence-corrected chi connectivity index (χ1v) is 6.82. The Hall–Kier alpha value is -1.14. The highest BCUT2D eigenvalue weighted by molar-refractivity contribution is 8.02. The van der Waals surface area contributed by atoms with E-state index in [1.807, 2.05) is 0 Å². The molecule has 2 rings (SSSR count). The van der Waals surface area contributed by atoms with Crippen LogP contribution in [0.15, 0.2) is 33.8 Å². The molecule has 0 saturated heterocycles. The predicted octanol–water partition coefficient (Wildman–Crippen LogP) is 4.21. The standard InChI is InChI=1S/C12H10F2O2S2/c1-3-17-11-7(13)8(14)12(18-4-2)10-9(11)15-5-6-16-10/h3-4H,1-2,5-6H2. The average Bonchev–Trinajstić information content (AvgIpc) is 2.40. The number of rotatable bonds is 4. The van der Waals surface area contributed by atoms with E-state index in [9.17, 15) is 8.78 Å². The molecule has 0 saturated carbocycles. The van der Waals surface area contributed by atoms with Crippen molar-refractivity contribution in [2.45, 2.75) is 9.79 Å². The quantitative estimate of drug-likeness (QED) is 0.772. The van der Waals surface area contributed by atoms with Gasteiger partial charge >= 0.3 is 0 Å². The summed E-state index contributed by atoms with van der Waals surface area (Å²) in [5.74, 6) is -1.44. The van der Waals surface area contributed by atoms with Gasteiger partial charge in [-0.15, -0.1) is 0 Å². The van der Waals surface area contributed by atoms with Crippen molar-refractivity contribution in [3.05, 3.63) is 35.6 Å². The SMILES string of the molecule is C=CSc1c(F)c(F)c(SC=C)c2c1OCCO2. The van der Waals surface area contributed by atoms with Crippen molar-refractivity contribution in [3.8, 4) is 11.5 Å². The van der Waals surface area contributed by atoms with Gasteiger partial charge in [-0.3, -0.25) is 0 Å². The molecule has 1 aromatic rings. The van der Waals surface area contributed by atoms with E-state index in [-0.39, 0.29) is 21.3 Å². The van der Waals surface area contributed by atoms with Gasteiger partial charge in [0.25, 0.3) is 0 Å². The van der Waals surface area contributed by atoms with Crippen LogP contribution in [0, 0.1) is 11.6 Å². The van der Waals surface area contributed by atoms with Crippen LogP contribution in [0.4, 0.5) is 8.78 Å². The summed E-state index contributed by atoms with van der Waals surface area (Å²) in [6, 6.07) is 0. The number of halogens is 2. The van der Waals surface area contributed by atoms with Crippen molar-refractivity contribution in [2.75, 3.05) is 13.2 Å². The molecule has 0 aromatic heterocycles. The van der Waals surface area contributed by atoms with Crippen LogP contribution < -0.4 is 9.47 Å². The number of hydrogen-bond donors (Lipinski definition) is 0. The number of thioether (sulfide) groups is 2. The van der Waals surface area contributed by atoms with Gasteiger partial charge in [0.05, 0.1) is 9.79 Å². The maximum absolute atomic E-state index is 13.9. The fraction of sp³-hybridized carbons (Fsp3) is 0.167.